The summed E-state index contributed by atoms with van der Waals surface area (Å²) in [7, 11) is 0. The summed E-state index contributed by atoms with van der Waals surface area (Å²) in [5.74, 6) is 5.50. The minimum atomic E-state index is 1.02. The summed E-state index contributed by atoms with van der Waals surface area (Å²) in [5, 5.41) is 2.40. The molecule has 3 N–H and O–H groups in total. The maximum Gasteiger partial charge on any atom is 0.0592 e. The molecule has 0 radical (unpaired) electrons. The van der Waals surface area contributed by atoms with Gasteiger partial charge in [0.05, 0.1) is 5.69 Å². The first-order chi connectivity index (χ1) is 6.72. The van der Waals surface area contributed by atoms with Gasteiger partial charge >= 0.3 is 0 Å². The zero-order valence-electron chi connectivity index (χ0n) is 8.46. The van der Waals surface area contributed by atoms with Crippen LogP contribution in [0.15, 0.2) is 30.3 Å². The van der Waals surface area contributed by atoms with Gasteiger partial charge in [-0.3, -0.25) is 5.84 Å². The zero-order valence-corrected chi connectivity index (χ0v) is 8.46. The lowest BCUT2D eigenvalue weighted by Gasteiger charge is -2.09. The van der Waals surface area contributed by atoms with Crippen molar-refractivity contribution in [3.8, 4) is 0 Å². The first-order valence-electron chi connectivity index (χ1n) is 4.69. The van der Waals surface area contributed by atoms with Crippen LogP contribution >= 0.6 is 0 Å². The van der Waals surface area contributed by atoms with E-state index in [1.807, 2.05) is 0 Å². The number of benzene rings is 2. The van der Waals surface area contributed by atoms with E-state index in [4.69, 9.17) is 5.84 Å². The number of hydrogen-bond donors (Lipinski definition) is 2. The Morgan fingerprint density at radius 2 is 1.86 bits per heavy atom. The molecule has 0 aliphatic carbocycles. The van der Waals surface area contributed by atoms with Crippen LogP contribution in [0.1, 0.15) is 11.1 Å². The van der Waals surface area contributed by atoms with Crippen molar-refractivity contribution >= 4 is 16.5 Å². The van der Waals surface area contributed by atoms with Gasteiger partial charge in [-0.05, 0) is 24.8 Å². The fraction of sp³-hybridized carbons (Fsp3) is 0.167. The monoisotopic (exact) mass is 186 g/mol. The van der Waals surface area contributed by atoms with Crippen molar-refractivity contribution in [2.24, 2.45) is 5.84 Å². The molecule has 0 saturated heterocycles. The molecule has 0 atom stereocenters. The van der Waals surface area contributed by atoms with E-state index in [9.17, 15) is 0 Å². The van der Waals surface area contributed by atoms with Crippen molar-refractivity contribution in [3.05, 3.63) is 41.5 Å². The second-order valence-corrected chi connectivity index (χ2v) is 3.63. The summed E-state index contributed by atoms with van der Waals surface area (Å²) >= 11 is 0. The summed E-state index contributed by atoms with van der Waals surface area (Å²) in [6.07, 6.45) is 0. The van der Waals surface area contributed by atoms with Crippen molar-refractivity contribution in [2.45, 2.75) is 13.8 Å². The molecule has 0 unspecified atom stereocenters. The summed E-state index contributed by atoms with van der Waals surface area (Å²) in [6.45, 7) is 4.14. The Bertz CT molecular complexity index is 475. The fourth-order valence-electron chi connectivity index (χ4n) is 1.75. The topological polar surface area (TPSA) is 38.0 Å². The highest BCUT2D eigenvalue weighted by Crippen LogP contribution is 2.26. The van der Waals surface area contributed by atoms with Gasteiger partial charge in [0.1, 0.15) is 0 Å². The van der Waals surface area contributed by atoms with E-state index >= 15 is 0 Å². The van der Waals surface area contributed by atoms with Gasteiger partial charge in [-0.1, -0.05) is 35.9 Å². The van der Waals surface area contributed by atoms with Crippen LogP contribution in [0.4, 0.5) is 5.69 Å². The Morgan fingerprint density at radius 3 is 2.57 bits per heavy atom. The quantitative estimate of drug-likeness (QED) is 0.531. The van der Waals surface area contributed by atoms with E-state index in [0.717, 1.165) is 5.69 Å². The van der Waals surface area contributed by atoms with E-state index in [1.165, 1.54) is 21.9 Å². The highest BCUT2D eigenvalue weighted by atomic mass is 15.2. The van der Waals surface area contributed by atoms with Gasteiger partial charge in [0.15, 0.2) is 0 Å². The minimum Gasteiger partial charge on any atom is -0.323 e. The third-order valence-electron chi connectivity index (χ3n) is 2.53. The minimum absolute atomic E-state index is 1.02. The molecule has 2 heteroatoms. The van der Waals surface area contributed by atoms with Crippen molar-refractivity contribution in [2.75, 3.05) is 5.43 Å². The first kappa shape index (κ1) is 9.03. The molecule has 2 rings (SSSR count). The summed E-state index contributed by atoms with van der Waals surface area (Å²) < 4.78 is 0. The van der Waals surface area contributed by atoms with Gasteiger partial charge in [0.25, 0.3) is 0 Å². The van der Waals surface area contributed by atoms with Crippen molar-refractivity contribution in [1.82, 2.24) is 0 Å². The van der Waals surface area contributed by atoms with Crippen molar-refractivity contribution < 1.29 is 0 Å². The summed E-state index contributed by atoms with van der Waals surface area (Å²) in [6, 6.07) is 10.6. The number of aryl methyl sites for hydroxylation is 2. The van der Waals surface area contributed by atoms with Crippen LogP contribution in [-0.4, -0.2) is 0 Å². The molecule has 0 bridgehead atoms. The van der Waals surface area contributed by atoms with Gasteiger partial charge in [0.2, 0.25) is 0 Å². The van der Waals surface area contributed by atoms with E-state index in [0.29, 0.717) is 0 Å². The molecule has 0 fully saturated rings. The van der Waals surface area contributed by atoms with Gasteiger partial charge in [-0.15, -0.1) is 0 Å². The van der Waals surface area contributed by atoms with Crippen molar-refractivity contribution in [3.63, 3.8) is 0 Å². The van der Waals surface area contributed by atoms with E-state index in [-0.39, 0.29) is 0 Å². The number of hydrazine groups is 1. The Hall–Kier alpha value is -1.54. The maximum atomic E-state index is 5.50. The smallest absolute Gasteiger partial charge is 0.0592 e. The molecule has 2 aromatic carbocycles. The molecule has 0 spiro atoms. The molecule has 2 nitrogen and oxygen atoms in total. The van der Waals surface area contributed by atoms with Crippen LogP contribution in [0, 0.1) is 13.8 Å². The lowest BCUT2D eigenvalue weighted by molar-refractivity contribution is 1.33. The lowest BCUT2D eigenvalue weighted by atomic mass is 10.0. The molecule has 2 aromatic rings. The number of rotatable bonds is 1. The molecule has 0 heterocycles. The largest absolute Gasteiger partial charge is 0.323 e. The Labute approximate surface area is 83.7 Å². The highest BCUT2D eigenvalue weighted by molar-refractivity contribution is 5.95. The maximum absolute atomic E-state index is 5.50. The van der Waals surface area contributed by atoms with Gasteiger partial charge in [0, 0.05) is 5.39 Å². The van der Waals surface area contributed by atoms with E-state index in [1.54, 1.807) is 0 Å². The fourth-order valence-corrected chi connectivity index (χ4v) is 1.75. The number of nitrogen functional groups attached to an aromatic ring is 1. The van der Waals surface area contributed by atoms with E-state index < -0.39 is 0 Å². The Morgan fingerprint density at radius 1 is 1.07 bits per heavy atom. The van der Waals surface area contributed by atoms with Crippen LogP contribution in [-0.2, 0) is 0 Å². The molecule has 0 amide bonds. The van der Waals surface area contributed by atoms with Crippen LogP contribution in [0.5, 0.6) is 0 Å². The molecule has 0 aliphatic rings. The molecule has 0 aromatic heterocycles. The Kier molecular flexibility index (Phi) is 2.14. The Balaban J connectivity index is 2.82. The van der Waals surface area contributed by atoms with Crippen LogP contribution in [0.2, 0.25) is 0 Å². The predicted octanol–water partition coefficient (Wildman–Crippen LogP) is 2.74. The zero-order chi connectivity index (χ0) is 10.1. The van der Waals surface area contributed by atoms with E-state index in [2.05, 4.69) is 49.6 Å². The van der Waals surface area contributed by atoms with Crippen LogP contribution < -0.4 is 11.3 Å². The predicted molar refractivity (Wildman–Crippen MR) is 61.2 cm³/mol. The highest BCUT2D eigenvalue weighted by Gasteiger charge is 2.02. The number of anilines is 1. The molecule has 14 heavy (non-hydrogen) atoms. The molecule has 0 aliphatic heterocycles. The number of nitrogens with two attached hydrogens (primary N) is 1. The average molecular weight is 186 g/mol. The number of fused-ring (bicyclic) bond motifs is 1. The normalized spacial score (nSPS) is 10.5. The molecular weight excluding hydrogens is 172 g/mol. The second-order valence-electron chi connectivity index (χ2n) is 3.63. The van der Waals surface area contributed by atoms with Gasteiger partial charge < -0.3 is 5.43 Å². The SMILES string of the molecule is Cc1ccc2c(NN)c(C)ccc2c1. The first-order valence-corrected chi connectivity index (χ1v) is 4.69. The standard InChI is InChI=1S/C12H14N2/c1-8-3-6-11-10(7-8)5-4-9(2)12(11)14-13/h3-7,14H,13H2,1-2H3. The third-order valence-corrected chi connectivity index (χ3v) is 2.53. The molecule has 0 saturated carbocycles. The summed E-state index contributed by atoms with van der Waals surface area (Å²) in [4.78, 5) is 0. The summed E-state index contributed by atoms with van der Waals surface area (Å²) in [5.41, 5.74) is 6.21. The average Bonchev–Trinajstić information content (AvgIpc) is 2.18. The third kappa shape index (κ3) is 1.34. The molecule has 72 valence electrons. The lowest BCUT2D eigenvalue weighted by Crippen LogP contribution is -2.08. The van der Waals surface area contributed by atoms with Crippen LogP contribution in [0.3, 0.4) is 0 Å². The number of hydrogen-bond acceptors (Lipinski definition) is 2. The van der Waals surface area contributed by atoms with Crippen molar-refractivity contribution in [1.29, 1.82) is 0 Å². The van der Waals surface area contributed by atoms with Gasteiger partial charge in [-0.25, -0.2) is 0 Å². The van der Waals surface area contributed by atoms with Gasteiger partial charge in [-0.2, -0.15) is 0 Å². The van der Waals surface area contributed by atoms with Crippen LogP contribution in [0.25, 0.3) is 10.8 Å². The number of nitrogens with one attached hydrogen (secondary N) is 1. The molecular formula is C12H14N2. The second kappa shape index (κ2) is 3.31.